The van der Waals surface area contributed by atoms with Crippen LogP contribution in [-0.2, 0) is 5.75 Å². The van der Waals surface area contributed by atoms with Crippen molar-refractivity contribution in [2.45, 2.75) is 17.6 Å². The molecule has 0 radical (unpaired) electrons. The molecule has 142 valence electrons. The molecular formula is C18H22F2N2O3S. The molecule has 2 aromatic rings. The maximum Gasteiger partial charge on any atom is 0.287 e. The van der Waals surface area contributed by atoms with E-state index in [1.54, 1.807) is 7.11 Å². The molecule has 8 heteroatoms. The fourth-order valence-corrected chi connectivity index (χ4v) is 2.96. The Kier molecular flexibility index (Phi) is 7.47. The lowest BCUT2D eigenvalue weighted by atomic mass is 10.0. The highest BCUT2D eigenvalue weighted by molar-refractivity contribution is 7.98. The lowest BCUT2D eigenvalue weighted by Gasteiger charge is -2.26. The van der Waals surface area contributed by atoms with Gasteiger partial charge >= 0.3 is 0 Å². The molecule has 0 unspecified atom stereocenters. The third kappa shape index (κ3) is 5.47. The van der Waals surface area contributed by atoms with Gasteiger partial charge in [-0.25, -0.2) is 0 Å². The average Bonchev–Trinajstić information content (AvgIpc) is 3.09. The summed E-state index contributed by atoms with van der Waals surface area (Å²) in [6.45, 7) is 0.341. The van der Waals surface area contributed by atoms with Crippen LogP contribution in [0, 0.1) is 0 Å². The number of halogens is 2. The summed E-state index contributed by atoms with van der Waals surface area (Å²) in [5, 5.41) is 2.82. The van der Waals surface area contributed by atoms with Gasteiger partial charge in [0.25, 0.3) is 11.7 Å². The number of nitrogens with one attached hydrogen (secondary N) is 1. The number of methoxy groups -OCH3 is 1. The van der Waals surface area contributed by atoms with Gasteiger partial charge in [0.2, 0.25) is 0 Å². The third-order valence-corrected chi connectivity index (χ3v) is 4.52. The van der Waals surface area contributed by atoms with Gasteiger partial charge in [-0.15, -0.1) is 0 Å². The van der Waals surface area contributed by atoms with E-state index in [1.165, 1.54) is 12.1 Å². The van der Waals surface area contributed by atoms with Crippen LogP contribution in [0.5, 0.6) is 5.75 Å². The minimum Gasteiger partial charge on any atom is -0.496 e. The molecule has 1 heterocycles. The monoisotopic (exact) mass is 384 g/mol. The topological polar surface area (TPSA) is 54.7 Å². The number of rotatable bonds is 9. The van der Waals surface area contributed by atoms with E-state index in [9.17, 15) is 13.6 Å². The van der Waals surface area contributed by atoms with Crippen LogP contribution in [0.3, 0.4) is 0 Å². The fraction of sp³-hybridized carbons (Fsp3) is 0.389. The molecule has 0 bridgehead atoms. The number of likely N-dealkylation sites (N-methyl/N-ethyl adjacent to an activating group) is 1. The highest BCUT2D eigenvalue weighted by atomic mass is 32.2. The minimum absolute atomic E-state index is 0.0203. The molecule has 2 rings (SSSR count). The van der Waals surface area contributed by atoms with Gasteiger partial charge in [0.15, 0.2) is 5.76 Å². The van der Waals surface area contributed by atoms with Gasteiger partial charge in [-0.1, -0.05) is 30.0 Å². The Morgan fingerprint density at radius 3 is 2.65 bits per heavy atom. The van der Waals surface area contributed by atoms with Crippen molar-refractivity contribution >= 4 is 17.7 Å². The normalized spacial score (nSPS) is 12.4. The first-order valence-corrected chi connectivity index (χ1v) is 9.03. The molecule has 0 aliphatic carbocycles. The number of hydrogen-bond donors (Lipinski definition) is 1. The number of hydrogen-bond acceptors (Lipinski definition) is 5. The van der Waals surface area contributed by atoms with Crippen LogP contribution in [0.25, 0.3) is 0 Å². The number of ether oxygens (including phenoxy) is 1. The highest BCUT2D eigenvalue weighted by Crippen LogP contribution is 2.27. The van der Waals surface area contributed by atoms with Crippen LogP contribution < -0.4 is 10.1 Å². The summed E-state index contributed by atoms with van der Waals surface area (Å²) in [4.78, 5) is 14.3. The lowest BCUT2D eigenvalue weighted by Crippen LogP contribution is -2.34. The van der Waals surface area contributed by atoms with Crippen LogP contribution in [0.1, 0.15) is 27.9 Å². The van der Waals surface area contributed by atoms with E-state index < -0.39 is 5.76 Å². The van der Waals surface area contributed by atoms with Crippen LogP contribution in [0.15, 0.2) is 40.8 Å². The number of thioether (sulfide) groups is 1. The molecule has 0 spiro atoms. The summed E-state index contributed by atoms with van der Waals surface area (Å²) in [7, 11) is 5.43. The zero-order valence-electron chi connectivity index (χ0n) is 14.9. The van der Waals surface area contributed by atoms with Gasteiger partial charge in [-0.05, 0) is 32.3 Å². The molecular weight excluding hydrogens is 362 g/mol. The Morgan fingerprint density at radius 1 is 1.27 bits per heavy atom. The summed E-state index contributed by atoms with van der Waals surface area (Å²) < 4.78 is 35.2. The number of benzene rings is 1. The number of alkyl halides is 2. The number of furan rings is 1. The lowest BCUT2D eigenvalue weighted by molar-refractivity contribution is 0.0912. The summed E-state index contributed by atoms with van der Waals surface area (Å²) in [5.41, 5.74) is 0.953. The Balaban J connectivity index is 2.01. The van der Waals surface area contributed by atoms with E-state index in [2.05, 4.69) is 5.32 Å². The Morgan fingerprint density at radius 2 is 2.00 bits per heavy atom. The average molecular weight is 384 g/mol. The van der Waals surface area contributed by atoms with Gasteiger partial charge in [-0.3, -0.25) is 4.79 Å². The first kappa shape index (κ1) is 20.3. The summed E-state index contributed by atoms with van der Waals surface area (Å²) in [5.74, 6) is -1.66. The Bertz CT molecular complexity index is 722. The largest absolute Gasteiger partial charge is 0.496 e. The zero-order valence-corrected chi connectivity index (χ0v) is 15.7. The first-order chi connectivity index (χ1) is 12.4. The number of nitrogens with zero attached hydrogens (tertiary/aromatic N) is 1. The smallest absolute Gasteiger partial charge is 0.287 e. The summed E-state index contributed by atoms with van der Waals surface area (Å²) >= 11 is 0.454. The van der Waals surface area contributed by atoms with E-state index in [-0.39, 0.29) is 23.5 Å². The van der Waals surface area contributed by atoms with Crippen LogP contribution in [0.4, 0.5) is 8.78 Å². The SMILES string of the molecule is COc1ccccc1[C@@H](CNC(=O)c1ccc(CSC(F)F)o1)N(C)C. The molecule has 26 heavy (non-hydrogen) atoms. The highest BCUT2D eigenvalue weighted by Gasteiger charge is 2.20. The zero-order chi connectivity index (χ0) is 19.1. The maximum atomic E-state index is 12.3. The second kappa shape index (κ2) is 9.59. The molecule has 1 N–H and O–H groups in total. The van der Waals surface area contributed by atoms with Gasteiger partial charge in [0.05, 0.1) is 18.9 Å². The summed E-state index contributed by atoms with van der Waals surface area (Å²) in [6, 6.07) is 10.5. The number of carbonyl (C=O) groups is 1. The molecule has 1 aromatic heterocycles. The van der Waals surface area contributed by atoms with Gasteiger partial charge < -0.3 is 19.4 Å². The molecule has 1 amide bonds. The van der Waals surface area contributed by atoms with Crippen molar-refractivity contribution in [1.29, 1.82) is 0 Å². The maximum absolute atomic E-state index is 12.3. The van der Waals surface area contributed by atoms with E-state index in [4.69, 9.17) is 9.15 Å². The van der Waals surface area contributed by atoms with Gasteiger partial charge in [0, 0.05) is 12.1 Å². The molecule has 1 aromatic carbocycles. The van der Waals surface area contributed by atoms with Gasteiger partial charge in [0.1, 0.15) is 11.5 Å². The van der Waals surface area contributed by atoms with Crippen molar-refractivity contribution in [2.24, 2.45) is 0 Å². The molecule has 0 saturated carbocycles. The van der Waals surface area contributed by atoms with E-state index in [1.807, 2.05) is 43.3 Å². The van der Waals surface area contributed by atoms with Crippen LogP contribution in [0.2, 0.25) is 0 Å². The van der Waals surface area contributed by atoms with Crippen LogP contribution >= 0.6 is 11.8 Å². The van der Waals surface area contributed by atoms with Crippen molar-refractivity contribution in [1.82, 2.24) is 10.2 Å². The van der Waals surface area contributed by atoms with Gasteiger partial charge in [-0.2, -0.15) is 8.78 Å². The third-order valence-electron chi connectivity index (χ3n) is 3.81. The predicted molar refractivity (Wildman–Crippen MR) is 97.8 cm³/mol. The van der Waals surface area contributed by atoms with Crippen molar-refractivity contribution in [2.75, 3.05) is 27.7 Å². The Labute approximate surface area is 155 Å². The molecule has 5 nitrogen and oxygen atoms in total. The quantitative estimate of drug-likeness (QED) is 0.713. The molecule has 0 fully saturated rings. The second-order valence-corrected chi connectivity index (χ2v) is 6.75. The minimum atomic E-state index is -2.47. The van der Waals surface area contributed by atoms with E-state index >= 15 is 0 Å². The fourth-order valence-electron chi connectivity index (χ4n) is 2.51. The summed E-state index contributed by atoms with van der Waals surface area (Å²) in [6.07, 6.45) is 0. The number of para-hydroxylation sites is 1. The molecule has 0 aliphatic heterocycles. The van der Waals surface area contributed by atoms with Crippen molar-refractivity contribution in [3.05, 3.63) is 53.5 Å². The molecule has 1 atom stereocenters. The predicted octanol–water partition coefficient (Wildman–Crippen LogP) is 3.78. The van der Waals surface area contributed by atoms with Crippen molar-refractivity contribution < 1.29 is 22.7 Å². The van der Waals surface area contributed by atoms with Crippen LogP contribution in [-0.4, -0.2) is 44.3 Å². The van der Waals surface area contributed by atoms with Crippen molar-refractivity contribution in [3.63, 3.8) is 0 Å². The first-order valence-electron chi connectivity index (χ1n) is 7.98. The Hall–Kier alpha value is -2.06. The number of carbonyl (C=O) groups excluding carboxylic acids is 1. The molecule has 0 aliphatic rings. The van der Waals surface area contributed by atoms with E-state index in [0.717, 1.165) is 11.3 Å². The molecule has 0 saturated heterocycles. The van der Waals surface area contributed by atoms with E-state index in [0.29, 0.717) is 24.1 Å². The van der Waals surface area contributed by atoms with Crippen molar-refractivity contribution in [3.8, 4) is 5.75 Å². The second-order valence-electron chi connectivity index (χ2n) is 5.77. The standard InChI is InChI=1S/C18H22F2N2O3S/c1-22(2)14(13-6-4-5-7-15(13)24-3)10-21-17(23)16-9-8-12(25-16)11-26-18(19)20/h4-9,14,18H,10-11H2,1-3H3,(H,21,23)/t14-/m1/s1. The number of amides is 1.